The summed E-state index contributed by atoms with van der Waals surface area (Å²) in [7, 11) is 2.10. The van der Waals surface area contributed by atoms with Crippen molar-refractivity contribution in [2.75, 3.05) is 36.9 Å². The number of anilines is 2. The zero-order valence-corrected chi connectivity index (χ0v) is 12.0. The average Bonchev–Trinajstić information content (AvgIpc) is 2.38. The number of hydrogen-bond donors (Lipinski definition) is 1. The van der Waals surface area contributed by atoms with Crippen LogP contribution in [0.3, 0.4) is 0 Å². The van der Waals surface area contributed by atoms with Gasteiger partial charge >= 0.3 is 0 Å². The zero-order valence-electron chi connectivity index (χ0n) is 12.0. The van der Waals surface area contributed by atoms with E-state index in [0.717, 1.165) is 19.6 Å². The highest BCUT2D eigenvalue weighted by atomic mass is 19.1. The SMILES string of the molecule is CCNc1ncc(F)c(N2CC(C)N(C)C(C)C2)n1. The Morgan fingerprint density at radius 3 is 2.58 bits per heavy atom. The van der Waals surface area contributed by atoms with Crippen LogP contribution in [-0.2, 0) is 0 Å². The van der Waals surface area contributed by atoms with Crippen LogP contribution in [-0.4, -0.2) is 53.6 Å². The highest BCUT2D eigenvalue weighted by Gasteiger charge is 2.28. The monoisotopic (exact) mass is 267 g/mol. The van der Waals surface area contributed by atoms with E-state index in [1.807, 2.05) is 11.8 Å². The van der Waals surface area contributed by atoms with Crippen LogP contribution in [0.5, 0.6) is 0 Å². The Hall–Kier alpha value is -1.43. The normalized spacial score (nSPS) is 24.6. The summed E-state index contributed by atoms with van der Waals surface area (Å²) >= 11 is 0. The van der Waals surface area contributed by atoms with Gasteiger partial charge in [0.05, 0.1) is 6.20 Å². The third kappa shape index (κ3) is 2.94. The van der Waals surface area contributed by atoms with Crippen LogP contribution in [0.2, 0.25) is 0 Å². The molecule has 0 aromatic carbocycles. The predicted molar refractivity (Wildman–Crippen MR) is 75.1 cm³/mol. The van der Waals surface area contributed by atoms with Gasteiger partial charge in [-0.3, -0.25) is 4.90 Å². The Morgan fingerprint density at radius 1 is 1.37 bits per heavy atom. The van der Waals surface area contributed by atoms with Gasteiger partial charge in [-0.1, -0.05) is 0 Å². The summed E-state index contributed by atoms with van der Waals surface area (Å²) in [5.74, 6) is 0.529. The molecule has 2 rings (SSSR count). The molecule has 1 aliphatic rings. The lowest BCUT2D eigenvalue weighted by Crippen LogP contribution is -2.55. The Balaban J connectivity index is 2.23. The standard InChI is InChI=1S/C13H22FN5/c1-5-15-13-16-6-11(14)12(17-13)19-7-9(2)18(4)10(3)8-19/h6,9-10H,5,7-8H2,1-4H3,(H,15,16,17). The maximum atomic E-state index is 13.9. The first-order valence-electron chi connectivity index (χ1n) is 6.76. The Bertz CT molecular complexity index is 427. The van der Waals surface area contributed by atoms with E-state index < -0.39 is 0 Å². The molecule has 0 saturated carbocycles. The van der Waals surface area contributed by atoms with E-state index in [4.69, 9.17) is 0 Å². The van der Waals surface area contributed by atoms with E-state index in [0.29, 0.717) is 23.8 Å². The molecule has 106 valence electrons. The van der Waals surface area contributed by atoms with Gasteiger partial charge in [0.2, 0.25) is 5.95 Å². The molecule has 5 nitrogen and oxygen atoms in total. The molecule has 0 aliphatic carbocycles. The molecule has 2 unspecified atom stereocenters. The fourth-order valence-corrected chi connectivity index (χ4v) is 2.40. The van der Waals surface area contributed by atoms with Gasteiger partial charge in [0.1, 0.15) is 0 Å². The second-order valence-electron chi connectivity index (χ2n) is 5.16. The number of piperazine rings is 1. The first kappa shape index (κ1) is 14.0. The molecule has 19 heavy (non-hydrogen) atoms. The van der Waals surface area contributed by atoms with Gasteiger partial charge in [-0.05, 0) is 27.8 Å². The van der Waals surface area contributed by atoms with Crippen LogP contribution in [0, 0.1) is 5.82 Å². The average molecular weight is 267 g/mol. The van der Waals surface area contributed by atoms with Crippen LogP contribution in [0.4, 0.5) is 16.2 Å². The first-order valence-corrected chi connectivity index (χ1v) is 6.76. The first-order chi connectivity index (χ1) is 9.02. The van der Waals surface area contributed by atoms with Crippen molar-refractivity contribution in [2.24, 2.45) is 0 Å². The minimum atomic E-state index is -0.356. The van der Waals surface area contributed by atoms with Gasteiger partial charge in [-0.2, -0.15) is 4.98 Å². The molecule has 0 radical (unpaired) electrons. The fraction of sp³-hybridized carbons (Fsp3) is 0.692. The van der Waals surface area contributed by atoms with Gasteiger partial charge in [-0.15, -0.1) is 0 Å². The summed E-state index contributed by atoms with van der Waals surface area (Å²) in [6, 6.07) is 0.751. The molecule has 2 heterocycles. The van der Waals surface area contributed by atoms with E-state index >= 15 is 0 Å². The van der Waals surface area contributed by atoms with Crippen molar-refractivity contribution in [3.8, 4) is 0 Å². The Kier molecular flexibility index (Phi) is 4.19. The number of nitrogens with zero attached hydrogens (tertiary/aromatic N) is 4. The lowest BCUT2D eigenvalue weighted by atomic mass is 10.1. The zero-order chi connectivity index (χ0) is 14.0. The second kappa shape index (κ2) is 5.69. The van der Waals surface area contributed by atoms with Gasteiger partial charge in [0.25, 0.3) is 0 Å². The number of hydrogen-bond acceptors (Lipinski definition) is 5. The van der Waals surface area contributed by atoms with Crippen molar-refractivity contribution in [3.63, 3.8) is 0 Å². The van der Waals surface area contributed by atoms with Crippen LogP contribution in [0.15, 0.2) is 6.20 Å². The summed E-state index contributed by atoms with van der Waals surface area (Å²) in [5.41, 5.74) is 0. The van der Waals surface area contributed by atoms with Gasteiger partial charge in [0.15, 0.2) is 11.6 Å². The largest absolute Gasteiger partial charge is 0.354 e. The van der Waals surface area contributed by atoms with Crippen molar-refractivity contribution in [1.82, 2.24) is 14.9 Å². The second-order valence-corrected chi connectivity index (χ2v) is 5.16. The summed E-state index contributed by atoms with van der Waals surface area (Å²) in [5, 5.41) is 3.02. The molecule has 1 N–H and O–H groups in total. The van der Waals surface area contributed by atoms with Crippen LogP contribution < -0.4 is 10.2 Å². The van der Waals surface area contributed by atoms with Crippen molar-refractivity contribution in [1.29, 1.82) is 0 Å². The van der Waals surface area contributed by atoms with E-state index in [-0.39, 0.29) is 5.82 Å². The summed E-state index contributed by atoms with van der Waals surface area (Å²) < 4.78 is 13.9. The lowest BCUT2D eigenvalue weighted by molar-refractivity contribution is 0.169. The van der Waals surface area contributed by atoms with Crippen LogP contribution in [0.1, 0.15) is 20.8 Å². The lowest BCUT2D eigenvalue weighted by Gasteiger charge is -2.42. The van der Waals surface area contributed by atoms with E-state index in [2.05, 4.69) is 41.1 Å². The highest BCUT2D eigenvalue weighted by Crippen LogP contribution is 2.22. The molecule has 2 atom stereocenters. The minimum Gasteiger partial charge on any atom is -0.354 e. The fourth-order valence-electron chi connectivity index (χ4n) is 2.40. The van der Waals surface area contributed by atoms with Crippen LogP contribution in [0.25, 0.3) is 0 Å². The maximum Gasteiger partial charge on any atom is 0.224 e. The van der Waals surface area contributed by atoms with Crippen molar-refractivity contribution in [3.05, 3.63) is 12.0 Å². The quantitative estimate of drug-likeness (QED) is 0.900. The third-order valence-electron chi connectivity index (χ3n) is 3.72. The number of halogens is 1. The minimum absolute atomic E-state index is 0.356. The molecule has 6 heteroatoms. The van der Waals surface area contributed by atoms with Gasteiger partial charge < -0.3 is 10.2 Å². The number of aromatic nitrogens is 2. The summed E-state index contributed by atoms with van der Waals surface area (Å²) in [6.45, 7) is 8.54. The van der Waals surface area contributed by atoms with Gasteiger partial charge in [-0.25, -0.2) is 9.37 Å². The smallest absolute Gasteiger partial charge is 0.224 e. The Labute approximate surface area is 113 Å². The highest BCUT2D eigenvalue weighted by molar-refractivity contribution is 5.44. The molecular weight excluding hydrogens is 245 g/mol. The van der Waals surface area contributed by atoms with E-state index in [1.54, 1.807) is 0 Å². The predicted octanol–water partition coefficient (Wildman–Crippen LogP) is 1.58. The van der Waals surface area contributed by atoms with Crippen molar-refractivity contribution in [2.45, 2.75) is 32.9 Å². The molecule has 1 aromatic rings. The Morgan fingerprint density at radius 2 is 2.00 bits per heavy atom. The molecule has 1 aliphatic heterocycles. The summed E-state index contributed by atoms with van der Waals surface area (Å²) in [6.07, 6.45) is 1.24. The number of nitrogens with one attached hydrogen (secondary N) is 1. The molecule has 1 fully saturated rings. The van der Waals surface area contributed by atoms with Crippen molar-refractivity contribution >= 4 is 11.8 Å². The molecular formula is C13H22FN5. The van der Waals surface area contributed by atoms with Crippen LogP contribution >= 0.6 is 0 Å². The summed E-state index contributed by atoms with van der Waals surface area (Å²) in [4.78, 5) is 12.5. The topological polar surface area (TPSA) is 44.3 Å². The maximum absolute atomic E-state index is 13.9. The molecule has 1 aromatic heterocycles. The molecule has 1 saturated heterocycles. The van der Waals surface area contributed by atoms with E-state index in [9.17, 15) is 4.39 Å². The molecule has 0 bridgehead atoms. The third-order valence-corrected chi connectivity index (χ3v) is 3.72. The van der Waals surface area contributed by atoms with Crippen molar-refractivity contribution < 1.29 is 4.39 Å². The van der Waals surface area contributed by atoms with Gasteiger partial charge in [0, 0.05) is 31.7 Å². The number of rotatable bonds is 3. The molecule has 0 amide bonds. The van der Waals surface area contributed by atoms with E-state index in [1.165, 1.54) is 6.20 Å². The molecule has 0 spiro atoms. The number of likely N-dealkylation sites (N-methyl/N-ethyl adjacent to an activating group) is 1.